The first kappa shape index (κ1) is 27.7. The molecule has 0 saturated carbocycles. The predicted octanol–water partition coefficient (Wildman–Crippen LogP) is 2.67. The Bertz CT molecular complexity index is 1190. The molecule has 0 bridgehead atoms. The number of rotatable bonds is 9. The minimum atomic E-state index is -2.26. The van der Waals surface area contributed by atoms with Gasteiger partial charge in [0, 0.05) is 6.54 Å². The van der Waals surface area contributed by atoms with Gasteiger partial charge < -0.3 is 34.3 Å². The van der Waals surface area contributed by atoms with Crippen LogP contribution >= 0.6 is 0 Å². The normalized spacial score (nSPS) is 29.0. The number of esters is 1. The van der Waals surface area contributed by atoms with Gasteiger partial charge in [0.05, 0.1) is 30.1 Å². The first-order valence-electron chi connectivity index (χ1n) is 13.7. The van der Waals surface area contributed by atoms with Gasteiger partial charge in [0.2, 0.25) is 6.79 Å². The molecule has 3 heterocycles. The second kappa shape index (κ2) is 9.67. The Morgan fingerprint density at radius 2 is 1.87 bits per heavy atom. The van der Waals surface area contributed by atoms with Crippen LogP contribution in [0.3, 0.4) is 0 Å². The molecule has 3 aliphatic heterocycles. The van der Waals surface area contributed by atoms with Crippen LogP contribution < -0.4 is 9.47 Å². The van der Waals surface area contributed by atoms with E-state index in [4.69, 9.17) is 18.9 Å². The molecule has 1 aromatic carbocycles. The molecule has 4 atom stereocenters. The Labute approximate surface area is 228 Å². The summed E-state index contributed by atoms with van der Waals surface area (Å²) in [5, 5.41) is 31.0. The molecule has 10 nitrogen and oxygen atoms in total. The number of benzene rings is 1. The van der Waals surface area contributed by atoms with Crippen molar-refractivity contribution in [2.45, 2.75) is 94.0 Å². The molecule has 1 aliphatic carbocycles. The molecular formula is C29H39NO9. The monoisotopic (exact) mass is 545 g/mol. The predicted molar refractivity (Wildman–Crippen MR) is 139 cm³/mol. The lowest BCUT2D eigenvalue weighted by atomic mass is 9.65. The zero-order chi connectivity index (χ0) is 28.2. The average Bonchev–Trinajstić information content (AvgIpc) is 3.52. The molecule has 0 amide bonds. The van der Waals surface area contributed by atoms with Crippen molar-refractivity contribution in [2.75, 3.05) is 27.0 Å². The smallest absolute Gasteiger partial charge is 0.339 e. The number of hydrogen-bond acceptors (Lipinski definition) is 9. The number of aliphatic carboxylic acids is 1. The highest BCUT2D eigenvalue weighted by atomic mass is 16.7. The summed E-state index contributed by atoms with van der Waals surface area (Å²) in [5.41, 5.74) is -2.58. The van der Waals surface area contributed by atoms with E-state index in [9.17, 15) is 24.9 Å². The topological polar surface area (TPSA) is 135 Å². The third kappa shape index (κ3) is 4.56. The van der Waals surface area contributed by atoms with Gasteiger partial charge in [-0.2, -0.15) is 0 Å². The summed E-state index contributed by atoms with van der Waals surface area (Å²) in [6, 6.07) is 3.97. The van der Waals surface area contributed by atoms with Gasteiger partial charge in [-0.3, -0.25) is 9.69 Å². The molecule has 1 saturated heterocycles. The SMILES string of the molecule is COC1=C[C@]23CCCN2CCc2cc4c(cc2[C@]3(C)C1OC(=O)[C@@](O)(CCCC(C)(C)O)CC(=O)O)OCO4. The van der Waals surface area contributed by atoms with Crippen LogP contribution in [0.5, 0.6) is 11.5 Å². The molecule has 0 radical (unpaired) electrons. The number of nitrogens with zero attached hydrogens (tertiary/aromatic N) is 1. The van der Waals surface area contributed by atoms with E-state index in [0.717, 1.165) is 43.5 Å². The number of carbonyl (C=O) groups excluding carboxylic acids is 1. The molecule has 3 N–H and O–H groups in total. The minimum absolute atomic E-state index is 0.138. The van der Waals surface area contributed by atoms with Crippen molar-refractivity contribution in [3.05, 3.63) is 35.1 Å². The summed E-state index contributed by atoms with van der Waals surface area (Å²) in [5.74, 6) is -0.548. The van der Waals surface area contributed by atoms with Gasteiger partial charge in [0.25, 0.3) is 0 Å². The maximum Gasteiger partial charge on any atom is 0.339 e. The third-order valence-corrected chi connectivity index (χ3v) is 9.09. The summed E-state index contributed by atoms with van der Waals surface area (Å²) in [6.07, 6.45) is 3.26. The molecule has 1 spiro atoms. The number of carboxylic acid groups (broad SMARTS) is 1. The molecule has 4 aliphatic rings. The van der Waals surface area contributed by atoms with E-state index in [-0.39, 0.29) is 26.1 Å². The fourth-order valence-electron chi connectivity index (χ4n) is 7.12. The number of carboxylic acids is 1. The maximum atomic E-state index is 13.7. The van der Waals surface area contributed by atoms with Gasteiger partial charge in [-0.25, -0.2) is 4.79 Å². The standard InChI is InChI=1S/C29H39NO9/c1-26(2,34)8-5-9-28(35,16-23(31)32)25(33)39-24-22(36-4)15-29-10-6-11-30(29)12-7-18-13-20-21(38-17-37-20)14-19(18)27(24,29)3/h13-15,24,34-35H,5-12,16-17H2,1-4H3,(H,31,32)/t24?,27-,28-,29+/m1/s1. The van der Waals surface area contributed by atoms with Crippen LogP contribution in [-0.2, 0) is 30.9 Å². The van der Waals surface area contributed by atoms with E-state index in [1.807, 2.05) is 12.1 Å². The molecule has 214 valence electrons. The van der Waals surface area contributed by atoms with Crippen molar-refractivity contribution in [1.82, 2.24) is 4.90 Å². The highest BCUT2D eigenvalue weighted by Gasteiger charge is 2.66. The third-order valence-electron chi connectivity index (χ3n) is 9.09. The van der Waals surface area contributed by atoms with Crippen molar-refractivity contribution in [3.63, 3.8) is 0 Å². The van der Waals surface area contributed by atoms with Gasteiger partial charge in [0.15, 0.2) is 23.2 Å². The van der Waals surface area contributed by atoms with Crippen molar-refractivity contribution < 1.29 is 43.9 Å². The van der Waals surface area contributed by atoms with Gasteiger partial charge in [-0.15, -0.1) is 0 Å². The van der Waals surface area contributed by atoms with Crippen molar-refractivity contribution in [1.29, 1.82) is 0 Å². The van der Waals surface area contributed by atoms with E-state index in [2.05, 4.69) is 17.9 Å². The molecule has 10 heteroatoms. The number of aliphatic hydroxyl groups is 2. The fourth-order valence-corrected chi connectivity index (χ4v) is 7.12. The highest BCUT2D eigenvalue weighted by molar-refractivity contribution is 5.85. The van der Waals surface area contributed by atoms with Gasteiger partial charge in [0.1, 0.15) is 5.76 Å². The lowest BCUT2D eigenvalue weighted by molar-refractivity contribution is -0.180. The van der Waals surface area contributed by atoms with Crippen LogP contribution in [0.4, 0.5) is 0 Å². The van der Waals surface area contributed by atoms with Crippen molar-refractivity contribution in [2.24, 2.45) is 0 Å². The second-order valence-electron chi connectivity index (χ2n) is 12.1. The van der Waals surface area contributed by atoms with Crippen molar-refractivity contribution in [3.8, 4) is 11.5 Å². The average molecular weight is 546 g/mol. The van der Waals surface area contributed by atoms with E-state index in [1.54, 1.807) is 13.8 Å². The van der Waals surface area contributed by atoms with Crippen LogP contribution in [0.2, 0.25) is 0 Å². The van der Waals surface area contributed by atoms with Crippen LogP contribution in [0.25, 0.3) is 0 Å². The molecule has 39 heavy (non-hydrogen) atoms. The van der Waals surface area contributed by atoms with Gasteiger partial charge >= 0.3 is 11.9 Å². The summed E-state index contributed by atoms with van der Waals surface area (Å²) >= 11 is 0. The lowest BCUT2D eigenvalue weighted by Gasteiger charge is -2.48. The lowest BCUT2D eigenvalue weighted by Crippen LogP contribution is -2.59. The Balaban J connectivity index is 1.55. The highest BCUT2D eigenvalue weighted by Crippen LogP contribution is 2.59. The van der Waals surface area contributed by atoms with Gasteiger partial charge in [-0.05, 0) is 95.2 Å². The molecule has 0 aromatic heterocycles. The number of methoxy groups -OCH3 is 1. The molecule has 1 aromatic rings. The largest absolute Gasteiger partial charge is 0.497 e. The zero-order valence-corrected chi connectivity index (χ0v) is 23.1. The Morgan fingerprint density at radius 3 is 2.54 bits per heavy atom. The summed E-state index contributed by atoms with van der Waals surface area (Å²) < 4.78 is 23.4. The van der Waals surface area contributed by atoms with Crippen LogP contribution in [0, 0.1) is 0 Å². The van der Waals surface area contributed by atoms with E-state index >= 15 is 0 Å². The molecule has 1 fully saturated rings. The molecule has 1 unspecified atom stereocenters. The van der Waals surface area contributed by atoms with Crippen molar-refractivity contribution >= 4 is 11.9 Å². The minimum Gasteiger partial charge on any atom is -0.497 e. The summed E-state index contributed by atoms with van der Waals surface area (Å²) in [7, 11) is 1.53. The summed E-state index contributed by atoms with van der Waals surface area (Å²) in [6.45, 7) is 7.12. The second-order valence-corrected chi connectivity index (χ2v) is 12.1. The van der Waals surface area contributed by atoms with Crippen LogP contribution in [-0.4, -0.2) is 82.0 Å². The summed E-state index contributed by atoms with van der Waals surface area (Å²) in [4.78, 5) is 27.9. The van der Waals surface area contributed by atoms with Crippen LogP contribution in [0.1, 0.15) is 70.4 Å². The quantitative estimate of drug-likeness (QED) is 0.398. The molecular weight excluding hydrogens is 506 g/mol. The fraction of sp³-hybridized carbons (Fsp3) is 0.655. The first-order chi connectivity index (χ1) is 18.3. The van der Waals surface area contributed by atoms with E-state index in [0.29, 0.717) is 17.3 Å². The number of hydrogen-bond donors (Lipinski definition) is 3. The maximum absolute atomic E-state index is 13.7. The van der Waals surface area contributed by atoms with E-state index < -0.39 is 46.6 Å². The van der Waals surface area contributed by atoms with E-state index in [1.165, 1.54) is 7.11 Å². The molecule has 5 rings (SSSR count). The number of ether oxygens (including phenoxy) is 4. The number of carbonyl (C=O) groups is 2. The Morgan fingerprint density at radius 1 is 1.15 bits per heavy atom. The Kier molecular flexibility index (Phi) is 6.88. The van der Waals surface area contributed by atoms with Crippen LogP contribution in [0.15, 0.2) is 24.0 Å². The zero-order valence-electron chi connectivity index (χ0n) is 23.1. The van der Waals surface area contributed by atoms with Gasteiger partial charge in [-0.1, -0.05) is 0 Å². The number of fused-ring (bicyclic) bond motifs is 3. The Hall–Kier alpha value is -2.82. The first-order valence-corrected chi connectivity index (χ1v) is 13.7.